The minimum Gasteiger partial charge on any atom is -0.507 e. The highest BCUT2D eigenvalue weighted by Gasteiger charge is 2.46. The van der Waals surface area contributed by atoms with Gasteiger partial charge in [-0.1, -0.05) is 5.21 Å². The van der Waals surface area contributed by atoms with Gasteiger partial charge >= 0.3 is 12.1 Å². The van der Waals surface area contributed by atoms with Crippen LogP contribution >= 0.6 is 0 Å². The number of aromatic hydroxyl groups is 1. The molecular weight excluding hydrogens is 479 g/mol. The molecule has 1 aromatic carbocycles. The lowest BCUT2D eigenvalue weighted by Crippen LogP contribution is -2.40. The highest BCUT2D eigenvalue weighted by Crippen LogP contribution is 2.46. The predicted octanol–water partition coefficient (Wildman–Crippen LogP) is 3.48. The molecule has 1 aliphatic heterocycles. The average Bonchev–Trinajstić information content (AvgIpc) is 3.25. The van der Waals surface area contributed by atoms with Gasteiger partial charge in [0.25, 0.3) is 0 Å². The molecule has 1 atom stereocenters. The quantitative estimate of drug-likeness (QED) is 0.389. The van der Waals surface area contributed by atoms with E-state index in [1.165, 1.54) is 12.8 Å². The molecule has 188 valence electrons. The second-order valence-electron chi connectivity index (χ2n) is 8.94. The van der Waals surface area contributed by atoms with Crippen molar-refractivity contribution in [3.8, 4) is 22.7 Å². The van der Waals surface area contributed by atoms with E-state index in [-0.39, 0.29) is 5.75 Å². The first kappa shape index (κ1) is 23.7. The summed E-state index contributed by atoms with van der Waals surface area (Å²) in [7, 11) is 0. The number of aliphatic carboxylic acids is 1. The number of phenolic OH excluding ortho intramolecular Hbond substituents is 1. The molecule has 2 aliphatic rings. The zero-order valence-corrected chi connectivity index (χ0v) is 18.9. The van der Waals surface area contributed by atoms with E-state index in [0.717, 1.165) is 36.1 Å². The van der Waals surface area contributed by atoms with Gasteiger partial charge in [-0.15, -0.1) is 15.3 Å². The van der Waals surface area contributed by atoms with E-state index in [1.54, 1.807) is 23.1 Å². The summed E-state index contributed by atoms with van der Waals surface area (Å²) in [6.45, 7) is 1.06. The largest absolute Gasteiger partial charge is 0.507 e. The number of benzene rings is 1. The summed E-state index contributed by atoms with van der Waals surface area (Å²) < 4.78 is 35.6. The van der Waals surface area contributed by atoms with E-state index in [4.69, 9.17) is 9.90 Å². The number of halogens is 3. The summed E-state index contributed by atoms with van der Waals surface area (Å²) in [6, 6.07) is 9.93. The number of nitrogens with zero attached hydrogens (tertiary/aromatic N) is 6. The first-order valence-electron chi connectivity index (χ1n) is 11.2. The van der Waals surface area contributed by atoms with Crippen LogP contribution in [-0.2, 0) is 4.79 Å². The zero-order chi connectivity index (χ0) is 25.5. The lowest BCUT2D eigenvalue weighted by atomic mass is 9.97. The summed E-state index contributed by atoms with van der Waals surface area (Å²) in [4.78, 5) is 8.90. The van der Waals surface area contributed by atoms with E-state index in [0.29, 0.717) is 22.8 Å². The molecule has 0 radical (unpaired) electrons. The Kier molecular flexibility index (Phi) is 5.86. The summed E-state index contributed by atoms with van der Waals surface area (Å²) in [5.41, 5.74) is 3.32. The van der Waals surface area contributed by atoms with E-state index in [1.807, 2.05) is 18.2 Å². The number of carbonyl (C=O) groups is 1. The molecule has 4 aromatic rings. The Morgan fingerprint density at radius 1 is 1.14 bits per heavy atom. The molecule has 2 fully saturated rings. The van der Waals surface area contributed by atoms with E-state index in [2.05, 4.69) is 42.7 Å². The normalized spacial score (nSPS) is 18.6. The highest BCUT2D eigenvalue weighted by molar-refractivity contribution is 5.81. The molecule has 1 spiro atoms. The van der Waals surface area contributed by atoms with Crippen LogP contribution in [0.5, 0.6) is 5.75 Å². The fourth-order valence-corrected chi connectivity index (χ4v) is 4.50. The molecule has 1 saturated heterocycles. The van der Waals surface area contributed by atoms with Crippen LogP contribution in [0.3, 0.4) is 0 Å². The van der Waals surface area contributed by atoms with Gasteiger partial charge in [-0.25, -0.2) is 9.48 Å². The van der Waals surface area contributed by atoms with Crippen LogP contribution in [0.1, 0.15) is 31.7 Å². The Balaban J connectivity index is 0.000000338. The third kappa shape index (κ3) is 4.73. The predicted molar refractivity (Wildman–Crippen MR) is 121 cm³/mol. The Bertz CT molecular complexity index is 1400. The summed E-state index contributed by atoms with van der Waals surface area (Å²) in [5, 5.41) is 39.1. The molecular formula is C23H22F3N7O3. The molecule has 6 rings (SSSR count). The molecule has 4 heterocycles. The maximum Gasteiger partial charge on any atom is 0.490 e. The smallest absolute Gasteiger partial charge is 0.490 e. The van der Waals surface area contributed by atoms with Crippen LogP contribution in [0.15, 0.2) is 48.9 Å². The van der Waals surface area contributed by atoms with Gasteiger partial charge < -0.3 is 20.1 Å². The maximum absolute atomic E-state index is 10.6. The van der Waals surface area contributed by atoms with Gasteiger partial charge in [0.1, 0.15) is 5.75 Å². The Morgan fingerprint density at radius 2 is 1.92 bits per heavy atom. The summed E-state index contributed by atoms with van der Waals surface area (Å²) >= 11 is 0. The third-order valence-corrected chi connectivity index (χ3v) is 6.50. The first-order valence-corrected chi connectivity index (χ1v) is 11.2. The number of aromatic nitrogens is 6. The molecule has 0 unspecified atom stereocenters. The van der Waals surface area contributed by atoms with Gasteiger partial charge in [0.2, 0.25) is 0 Å². The SMILES string of the molecule is O=C(O)C(F)(F)F.Oc1cc(-n2ccnn2)ccc1-c1cc2ccn([C@H]3CCNC4(CC4)C3)c2nn1. The second-order valence-corrected chi connectivity index (χ2v) is 8.94. The average molecular weight is 501 g/mol. The molecule has 0 bridgehead atoms. The van der Waals surface area contributed by atoms with Gasteiger partial charge in [0, 0.05) is 34.8 Å². The van der Waals surface area contributed by atoms with Crippen LogP contribution in [0.2, 0.25) is 0 Å². The van der Waals surface area contributed by atoms with Crippen LogP contribution in [0.25, 0.3) is 28.0 Å². The van der Waals surface area contributed by atoms with Gasteiger partial charge in [-0.2, -0.15) is 13.2 Å². The molecule has 10 nitrogen and oxygen atoms in total. The monoisotopic (exact) mass is 501 g/mol. The maximum atomic E-state index is 10.6. The highest BCUT2D eigenvalue weighted by atomic mass is 19.4. The number of hydrogen-bond donors (Lipinski definition) is 3. The van der Waals surface area contributed by atoms with Crippen molar-refractivity contribution >= 4 is 17.0 Å². The van der Waals surface area contributed by atoms with Crippen molar-refractivity contribution in [3.05, 3.63) is 48.9 Å². The molecule has 3 N–H and O–H groups in total. The van der Waals surface area contributed by atoms with Gasteiger partial charge in [-0.3, -0.25) is 0 Å². The zero-order valence-electron chi connectivity index (χ0n) is 18.9. The van der Waals surface area contributed by atoms with Crippen molar-refractivity contribution in [3.63, 3.8) is 0 Å². The van der Waals surface area contributed by atoms with Crippen molar-refractivity contribution in [2.75, 3.05) is 6.54 Å². The number of alkyl halides is 3. The molecule has 36 heavy (non-hydrogen) atoms. The lowest BCUT2D eigenvalue weighted by molar-refractivity contribution is -0.192. The number of hydrogen-bond acceptors (Lipinski definition) is 7. The van der Waals surface area contributed by atoms with Crippen LogP contribution in [0.4, 0.5) is 13.2 Å². The molecule has 0 amide bonds. The van der Waals surface area contributed by atoms with Crippen molar-refractivity contribution in [2.24, 2.45) is 0 Å². The molecule has 1 aliphatic carbocycles. The fraction of sp³-hybridized carbons (Fsp3) is 0.348. The second kappa shape index (κ2) is 8.90. The lowest BCUT2D eigenvalue weighted by Gasteiger charge is -2.31. The standard InChI is InChI=1S/C21H21N7O.C2HF3O2/c29-19-12-15(28-10-8-23-26-28)1-2-17(19)18-11-14-4-9-27(20(14)25-24-18)16-3-7-22-21(13-16)5-6-21;3-2(4,5)1(6)7/h1-2,4,8-12,16,22,29H,3,5-7,13H2;(H,6,7)/t16-;/m0./s1. The van der Waals surface area contributed by atoms with Crippen molar-refractivity contribution in [1.82, 2.24) is 35.1 Å². The van der Waals surface area contributed by atoms with Crippen LogP contribution < -0.4 is 5.32 Å². The number of fused-ring (bicyclic) bond motifs is 1. The number of piperidine rings is 1. The van der Waals surface area contributed by atoms with E-state index in [9.17, 15) is 18.3 Å². The van der Waals surface area contributed by atoms with Crippen LogP contribution in [-0.4, -0.2) is 64.2 Å². The van der Waals surface area contributed by atoms with Gasteiger partial charge in [0.05, 0.1) is 23.8 Å². The topological polar surface area (TPSA) is 131 Å². The Hall–Kier alpha value is -4.00. The third-order valence-electron chi connectivity index (χ3n) is 6.50. The minimum absolute atomic E-state index is 0.139. The Labute approximate surface area is 202 Å². The van der Waals surface area contributed by atoms with Crippen molar-refractivity contribution in [1.29, 1.82) is 0 Å². The molecule has 13 heteroatoms. The first-order chi connectivity index (χ1) is 17.2. The van der Waals surface area contributed by atoms with Gasteiger partial charge in [0.15, 0.2) is 5.65 Å². The molecule has 3 aromatic heterocycles. The summed E-state index contributed by atoms with van der Waals surface area (Å²) in [5.74, 6) is -2.62. The van der Waals surface area contributed by atoms with E-state index >= 15 is 0 Å². The summed E-state index contributed by atoms with van der Waals surface area (Å²) in [6.07, 6.45) is 5.20. The number of rotatable bonds is 3. The van der Waals surface area contributed by atoms with Gasteiger partial charge in [-0.05, 0) is 56.5 Å². The number of phenols is 1. The molecule has 1 saturated carbocycles. The van der Waals surface area contributed by atoms with Crippen molar-refractivity contribution < 1.29 is 28.2 Å². The van der Waals surface area contributed by atoms with E-state index < -0.39 is 12.1 Å². The number of nitrogens with one attached hydrogen (secondary N) is 1. The number of carboxylic acids is 1. The Morgan fingerprint density at radius 3 is 2.56 bits per heavy atom. The van der Waals surface area contributed by atoms with Crippen LogP contribution in [0, 0.1) is 0 Å². The minimum atomic E-state index is -5.08. The number of carboxylic acid groups (broad SMARTS) is 1. The van der Waals surface area contributed by atoms with Crippen molar-refractivity contribution in [2.45, 2.75) is 43.4 Å². The fourth-order valence-electron chi connectivity index (χ4n) is 4.50.